The average molecular weight is 255 g/mol. The summed E-state index contributed by atoms with van der Waals surface area (Å²) in [4.78, 5) is 15.8. The average Bonchev–Trinajstić information content (AvgIpc) is 3.13. The van der Waals surface area contributed by atoms with E-state index in [1.807, 2.05) is 12.1 Å². The van der Waals surface area contributed by atoms with Gasteiger partial charge in [0.05, 0.1) is 11.4 Å². The van der Waals surface area contributed by atoms with E-state index in [0.29, 0.717) is 11.4 Å². The van der Waals surface area contributed by atoms with Crippen molar-refractivity contribution in [3.63, 3.8) is 0 Å². The molecule has 19 heavy (non-hydrogen) atoms. The monoisotopic (exact) mass is 255 g/mol. The van der Waals surface area contributed by atoms with E-state index in [0.717, 1.165) is 0 Å². The molecular weight excluding hydrogens is 246 g/mol. The molecule has 0 radical (unpaired) electrons. The van der Waals surface area contributed by atoms with E-state index < -0.39 is 0 Å². The highest BCUT2D eigenvalue weighted by Crippen LogP contribution is 2.18. The summed E-state index contributed by atoms with van der Waals surface area (Å²) in [6, 6.07) is 6.92. The zero-order valence-corrected chi connectivity index (χ0v) is 9.71. The van der Waals surface area contributed by atoms with Crippen molar-refractivity contribution in [1.29, 1.82) is 0 Å². The molecule has 0 saturated carbocycles. The summed E-state index contributed by atoms with van der Waals surface area (Å²) in [5.74, 6) is 0. The molecule has 0 saturated heterocycles. The Morgan fingerprint density at radius 2 is 2.11 bits per heavy atom. The van der Waals surface area contributed by atoms with Crippen LogP contribution in [-0.2, 0) is 0 Å². The lowest BCUT2D eigenvalue weighted by molar-refractivity contribution is 0.253. The molecule has 2 heterocycles. The molecule has 3 aromatic rings. The number of nitrogens with one attached hydrogen (secondary N) is 1. The van der Waals surface area contributed by atoms with Crippen LogP contribution >= 0.6 is 0 Å². The van der Waals surface area contributed by atoms with Crippen LogP contribution in [0.4, 0.5) is 10.5 Å². The largest absolute Gasteiger partial charge is 0.331 e. The minimum atomic E-state index is -0.307. The van der Waals surface area contributed by atoms with Gasteiger partial charge in [0, 0.05) is 12.4 Å². The molecule has 0 fully saturated rings. The molecule has 1 N–H and O–H groups in total. The van der Waals surface area contributed by atoms with E-state index in [1.54, 1.807) is 18.3 Å². The molecule has 0 aliphatic carbocycles. The zero-order chi connectivity index (χ0) is 13.1. The Morgan fingerprint density at radius 1 is 1.21 bits per heavy atom. The topological polar surface area (TPSA) is 90.5 Å². The molecule has 1 amide bonds. The normalized spacial score (nSPS) is 10.3. The number of carbonyl (C=O) groups excluding carboxylic acids is 1. The van der Waals surface area contributed by atoms with Gasteiger partial charge in [-0.1, -0.05) is 12.1 Å². The predicted molar refractivity (Wildman–Crippen MR) is 65.8 cm³/mol. The van der Waals surface area contributed by atoms with Crippen LogP contribution in [0, 0.1) is 0 Å². The highest BCUT2D eigenvalue weighted by atomic mass is 16.2. The highest BCUT2D eigenvalue weighted by molar-refractivity contribution is 5.92. The number of carbonyl (C=O) groups is 1. The Morgan fingerprint density at radius 3 is 2.84 bits per heavy atom. The number of imidazole rings is 1. The highest BCUT2D eigenvalue weighted by Gasteiger charge is 2.09. The quantitative estimate of drug-likeness (QED) is 0.735. The van der Waals surface area contributed by atoms with Gasteiger partial charge in [-0.25, -0.2) is 9.78 Å². The van der Waals surface area contributed by atoms with Gasteiger partial charge in [0.15, 0.2) is 0 Å². The zero-order valence-electron chi connectivity index (χ0n) is 9.71. The third kappa shape index (κ3) is 2.18. The summed E-state index contributed by atoms with van der Waals surface area (Å²) < 4.78 is 2.82. The summed E-state index contributed by atoms with van der Waals surface area (Å²) >= 11 is 0. The standard InChI is InChI=1S/C11H9N7O/c19-11(17-6-5-12-7-17)14-9-3-1-2-4-10(9)18-8-13-15-16-18/h1-8H,(H,14,19). The van der Waals surface area contributed by atoms with E-state index in [1.165, 1.54) is 28.1 Å². The fraction of sp³-hybridized carbons (Fsp3) is 0. The van der Waals surface area contributed by atoms with E-state index >= 15 is 0 Å². The second-order valence-electron chi connectivity index (χ2n) is 3.67. The number of nitrogens with zero attached hydrogens (tertiary/aromatic N) is 6. The van der Waals surface area contributed by atoms with Crippen LogP contribution in [0.5, 0.6) is 0 Å². The fourth-order valence-electron chi connectivity index (χ4n) is 1.61. The SMILES string of the molecule is O=C(Nc1ccccc1-n1cnnn1)n1ccnc1. The van der Waals surface area contributed by atoms with Gasteiger partial charge in [0.25, 0.3) is 0 Å². The van der Waals surface area contributed by atoms with Crippen molar-refractivity contribution < 1.29 is 4.79 Å². The van der Waals surface area contributed by atoms with Gasteiger partial charge in [-0.05, 0) is 22.6 Å². The maximum absolute atomic E-state index is 11.9. The lowest BCUT2D eigenvalue weighted by Gasteiger charge is -2.09. The Balaban J connectivity index is 1.92. The number of para-hydroxylation sites is 2. The number of aromatic nitrogens is 6. The Hall–Kier alpha value is -3.03. The third-order valence-corrected chi connectivity index (χ3v) is 2.48. The van der Waals surface area contributed by atoms with Crippen molar-refractivity contribution in [3.05, 3.63) is 49.3 Å². The predicted octanol–water partition coefficient (Wildman–Crippen LogP) is 0.939. The molecule has 8 nitrogen and oxygen atoms in total. The summed E-state index contributed by atoms with van der Waals surface area (Å²) in [6.45, 7) is 0. The summed E-state index contributed by atoms with van der Waals surface area (Å²) in [6.07, 6.45) is 5.99. The van der Waals surface area contributed by atoms with Crippen molar-refractivity contribution in [2.45, 2.75) is 0 Å². The summed E-state index contributed by atoms with van der Waals surface area (Å²) in [7, 11) is 0. The van der Waals surface area contributed by atoms with Crippen molar-refractivity contribution in [2.24, 2.45) is 0 Å². The van der Waals surface area contributed by atoms with E-state index in [9.17, 15) is 4.79 Å². The lowest BCUT2D eigenvalue weighted by atomic mass is 10.2. The summed E-state index contributed by atoms with van der Waals surface area (Å²) in [5, 5.41) is 13.7. The molecule has 0 unspecified atom stereocenters. The number of hydrogen-bond donors (Lipinski definition) is 1. The van der Waals surface area contributed by atoms with Gasteiger partial charge in [-0.15, -0.1) is 5.10 Å². The summed E-state index contributed by atoms with van der Waals surface area (Å²) in [5.41, 5.74) is 1.29. The Labute approximate surface area is 107 Å². The van der Waals surface area contributed by atoms with Crippen molar-refractivity contribution in [2.75, 3.05) is 5.32 Å². The van der Waals surface area contributed by atoms with Crippen LogP contribution in [0.2, 0.25) is 0 Å². The smallest absolute Gasteiger partial charge is 0.305 e. The number of amides is 1. The molecule has 1 aromatic carbocycles. The van der Waals surface area contributed by atoms with Crippen molar-refractivity contribution in [1.82, 2.24) is 29.8 Å². The van der Waals surface area contributed by atoms with Crippen LogP contribution in [0.25, 0.3) is 5.69 Å². The fourth-order valence-corrected chi connectivity index (χ4v) is 1.61. The lowest BCUT2D eigenvalue weighted by Crippen LogP contribution is -2.19. The van der Waals surface area contributed by atoms with Gasteiger partial charge in [-0.2, -0.15) is 4.68 Å². The minimum Gasteiger partial charge on any atom is -0.305 e. The third-order valence-electron chi connectivity index (χ3n) is 2.48. The van der Waals surface area contributed by atoms with Gasteiger partial charge >= 0.3 is 6.03 Å². The van der Waals surface area contributed by atoms with Gasteiger partial charge in [0.2, 0.25) is 0 Å². The van der Waals surface area contributed by atoms with Crippen molar-refractivity contribution in [3.8, 4) is 5.69 Å². The first-order valence-corrected chi connectivity index (χ1v) is 5.46. The maximum Gasteiger partial charge on any atom is 0.331 e. The minimum absolute atomic E-state index is 0.307. The molecule has 8 heteroatoms. The molecule has 2 aromatic heterocycles. The number of hydrogen-bond acceptors (Lipinski definition) is 5. The Kier molecular flexibility index (Phi) is 2.73. The molecule has 3 rings (SSSR count). The molecule has 0 bridgehead atoms. The Bertz CT molecular complexity index is 675. The van der Waals surface area contributed by atoms with E-state index in [4.69, 9.17) is 0 Å². The molecule has 94 valence electrons. The molecular formula is C11H9N7O. The van der Waals surface area contributed by atoms with Crippen LogP contribution in [-0.4, -0.2) is 35.8 Å². The first kappa shape index (κ1) is 11.1. The second-order valence-corrected chi connectivity index (χ2v) is 3.67. The molecule has 0 atom stereocenters. The molecule has 0 aliphatic heterocycles. The van der Waals surface area contributed by atoms with E-state index in [-0.39, 0.29) is 6.03 Å². The molecule has 0 aliphatic rings. The number of rotatable bonds is 2. The number of tetrazole rings is 1. The van der Waals surface area contributed by atoms with E-state index in [2.05, 4.69) is 25.8 Å². The number of anilines is 1. The van der Waals surface area contributed by atoms with Crippen LogP contribution in [0.3, 0.4) is 0 Å². The van der Waals surface area contributed by atoms with Gasteiger partial charge in [-0.3, -0.25) is 4.57 Å². The first-order valence-electron chi connectivity index (χ1n) is 5.46. The van der Waals surface area contributed by atoms with Gasteiger partial charge < -0.3 is 5.32 Å². The van der Waals surface area contributed by atoms with Crippen LogP contribution in [0.15, 0.2) is 49.3 Å². The van der Waals surface area contributed by atoms with Crippen molar-refractivity contribution >= 4 is 11.7 Å². The van der Waals surface area contributed by atoms with Gasteiger partial charge in [0.1, 0.15) is 12.7 Å². The van der Waals surface area contributed by atoms with Crippen LogP contribution in [0.1, 0.15) is 0 Å². The second kappa shape index (κ2) is 4.69. The van der Waals surface area contributed by atoms with Crippen LogP contribution < -0.4 is 5.32 Å². The molecule has 0 spiro atoms. The number of benzene rings is 1. The maximum atomic E-state index is 11.9. The first-order chi connectivity index (χ1) is 9.34.